The second kappa shape index (κ2) is 6.39. The Morgan fingerprint density at radius 3 is 2.21 bits per heavy atom. The number of Topliss-reactive ketones (excluding diaryl/α,β-unsaturated/α-hetero) is 1. The van der Waals surface area contributed by atoms with E-state index in [1.807, 2.05) is 36.4 Å². The maximum Gasteiger partial charge on any atom is 0.183 e. The molecule has 1 heterocycles. The molecule has 1 N–H and O–H groups in total. The van der Waals surface area contributed by atoms with Gasteiger partial charge in [-0.15, -0.1) is 0 Å². The highest BCUT2D eigenvalue weighted by Crippen LogP contribution is 2.27. The van der Waals surface area contributed by atoms with Crippen molar-refractivity contribution in [3.63, 3.8) is 0 Å². The number of nitrogens with one attached hydrogen (secondary N) is 1. The van der Waals surface area contributed by atoms with Crippen LogP contribution in [0.3, 0.4) is 0 Å². The summed E-state index contributed by atoms with van der Waals surface area (Å²) < 4.78 is 5.08. The largest absolute Gasteiger partial charge is 0.359 e. The Bertz CT molecular complexity index is 917. The molecular formula is C19H15N3O2. The van der Waals surface area contributed by atoms with E-state index in [1.54, 1.807) is 19.1 Å². The molecule has 0 aliphatic heterocycles. The maximum absolute atomic E-state index is 11.6. The number of nitrogens with zero attached hydrogens (tertiary/aromatic N) is 2. The van der Waals surface area contributed by atoms with E-state index in [-0.39, 0.29) is 5.78 Å². The van der Waals surface area contributed by atoms with E-state index >= 15 is 0 Å². The molecule has 5 heteroatoms. The summed E-state index contributed by atoms with van der Waals surface area (Å²) in [6.45, 7) is 3.21. The molecule has 0 saturated heterocycles. The van der Waals surface area contributed by atoms with Crippen LogP contribution in [0.1, 0.15) is 28.7 Å². The van der Waals surface area contributed by atoms with E-state index < -0.39 is 0 Å². The Morgan fingerprint density at radius 1 is 1.08 bits per heavy atom. The van der Waals surface area contributed by atoms with Gasteiger partial charge in [0.2, 0.25) is 0 Å². The van der Waals surface area contributed by atoms with Crippen molar-refractivity contribution in [3.05, 3.63) is 65.5 Å². The van der Waals surface area contributed by atoms with Gasteiger partial charge in [0.05, 0.1) is 11.6 Å². The van der Waals surface area contributed by atoms with Gasteiger partial charge in [-0.05, 0) is 42.3 Å². The quantitative estimate of drug-likeness (QED) is 0.718. The minimum Gasteiger partial charge on any atom is -0.359 e. The van der Waals surface area contributed by atoms with Gasteiger partial charge in [0, 0.05) is 12.6 Å². The highest BCUT2D eigenvalue weighted by Gasteiger charge is 2.16. The van der Waals surface area contributed by atoms with Crippen LogP contribution in [0.25, 0.3) is 11.1 Å². The molecule has 2 aromatic carbocycles. The molecule has 24 heavy (non-hydrogen) atoms. The van der Waals surface area contributed by atoms with Crippen molar-refractivity contribution in [2.45, 2.75) is 13.8 Å². The molecule has 0 spiro atoms. The van der Waals surface area contributed by atoms with Gasteiger partial charge >= 0.3 is 0 Å². The lowest BCUT2D eigenvalue weighted by molar-refractivity contribution is 0.101. The first kappa shape index (κ1) is 15.5. The molecule has 0 aliphatic carbocycles. The van der Waals surface area contributed by atoms with Crippen LogP contribution in [0.15, 0.2) is 53.1 Å². The minimum absolute atomic E-state index is 0.149. The molecule has 3 aromatic rings. The van der Waals surface area contributed by atoms with E-state index in [4.69, 9.17) is 9.78 Å². The fourth-order valence-corrected chi connectivity index (χ4v) is 2.39. The molecule has 1 aromatic heterocycles. The Morgan fingerprint density at radius 2 is 1.67 bits per heavy atom. The third-order valence-electron chi connectivity index (χ3n) is 3.70. The van der Waals surface area contributed by atoms with Crippen molar-refractivity contribution in [1.29, 1.82) is 5.26 Å². The number of hydrogen-bond donors (Lipinski definition) is 1. The standard InChI is InChI=1S/C19H15N3O2/c1-12(23)18-19(13(2)24-22-18)21-17-9-7-16(8-10-17)15-5-3-14(11-20)4-6-15/h3-10,21H,1-2H3. The summed E-state index contributed by atoms with van der Waals surface area (Å²) in [5.41, 5.74) is 4.43. The van der Waals surface area contributed by atoms with Crippen LogP contribution in [0.5, 0.6) is 0 Å². The lowest BCUT2D eigenvalue weighted by Crippen LogP contribution is -1.99. The number of carbonyl (C=O) groups is 1. The summed E-state index contributed by atoms with van der Waals surface area (Å²) in [6.07, 6.45) is 0. The van der Waals surface area contributed by atoms with Gasteiger partial charge in [-0.3, -0.25) is 4.79 Å². The average molecular weight is 317 g/mol. The van der Waals surface area contributed by atoms with E-state index in [1.165, 1.54) is 6.92 Å². The van der Waals surface area contributed by atoms with Crippen molar-refractivity contribution in [1.82, 2.24) is 5.16 Å². The van der Waals surface area contributed by atoms with Crippen LogP contribution in [0, 0.1) is 18.3 Å². The summed E-state index contributed by atoms with van der Waals surface area (Å²) in [6, 6.07) is 17.3. The zero-order valence-corrected chi connectivity index (χ0v) is 13.3. The van der Waals surface area contributed by atoms with Crippen LogP contribution in [0.2, 0.25) is 0 Å². The second-order valence-electron chi connectivity index (χ2n) is 5.41. The molecule has 3 rings (SSSR count). The fraction of sp³-hybridized carbons (Fsp3) is 0.105. The first-order chi connectivity index (χ1) is 11.6. The molecule has 0 aliphatic rings. The van der Waals surface area contributed by atoms with Crippen molar-refractivity contribution in [2.24, 2.45) is 0 Å². The van der Waals surface area contributed by atoms with Crippen LogP contribution in [0.4, 0.5) is 11.4 Å². The molecule has 0 bridgehead atoms. The Balaban J connectivity index is 1.84. The second-order valence-corrected chi connectivity index (χ2v) is 5.41. The van der Waals surface area contributed by atoms with E-state index in [0.29, 0.717) is 22.7 Å². The number of aromatic nitrogens is 1. The van der Waals surface area contributed by atoms with Crippen LogP contribution < -0.4 is 5.32 Å². The summed E-state index contributed by atoms with van der Waals surface area (Å²) in [5, 5.41) is 15.8. The lowest BCUT2D eigenvalue weighted by Gasteiger charge is -2.07. The number of aryl methyl sites for hydroxylation is 1. The Hall–Kier alpha value is -3.39. The smallest absolute Gasteiger partial charge is 0.183 e. The molecule has 0 fully saturated rings. The highest BCUT2D eigenvalue weighted by molar-refractivity contribution is 5.98. The molecule has 0 saturated carbocycles. The predicted molar refractivity (Wildman–Crippen MR) is 91.1 cm³/mol. The van der Waals surface area contributed by atoms with Gasteiger partial charge in [0.1, 0.15) is 5.69 Å². The summed E-state index contributed by atoms with van der Waals surface area (Å²) in [7, 11) is 0. The monoisotopic (exact) mass is 317 g/mol. The number of hydrogen-bond acceptors (Lipinski definition) is 5. The van der Waals surface area contributed by atoms with E-state index in [0.717, 1.165) is 16.8 Å². The zero-order chi connectivity index (χ0) is 17.1. The van der Waals surface area contributed by atoms with Gasteiger partial charge in [-0.2, -0.15) is 5.26 Å². The normalized spacial score (nSPS) is 10.2. The molecule has 0 radical (unpaired) electrons. The number of nitriles is 1. The van der Waals surface area contributed by atoms with Crippen molar-refractivity contribution < 1.29 is 9.32 Å². The third kappa shape index (κ3) is 3.03. The third-order valence-corrected chi connectivity index (χ3v) is 3.70. The molecule has 5 nitrogen and oxygen atoms in total. The van der Waals surface area contributed by atoms with Crippen molar-refractivity contribution in [2.75, 3.05) is 5.32 Å². The topological polar surface area (TPSA) is 78.9 Å². The SMILES string of the molecule is CC(=O)c1noc(C)c1Nc1ccc(-c2ccc(C#N)cc2)cc1. The Kier molecular flexibility index (Phi) is 4.13. The predicted octanol–water partition coefficient (Wildman–Crippen LogP) is 4.47. The number of rotatable bonds is 4. The van der Waals surface area contributed by atoms with Gasteiger partial charge in [-0.25, -0.2) is 0 Å². The van der Waals surface area contributed by atoms with Gasteiger partial charge in [0.25, 0.3) is 0 Å². The number of anilines is 2. The fourth-order valence-electron chi connectivity index (χ4n) is 2.39. The van der Waals surface area contributed by atoms with Crippen molar-refractivity contribution in [3.8, 4) is 17.2 Å². The average Bonchev–Trinajstić information content (AvgIpc) is 2.97. The number of ketones is 1. The van der Waals surface area contributed by atoms with E-state index in [2.05, 4.69) is 16.5 Å². The summed E-state index contributed by atoms with van der Waals surface area (Å²) >= 11 is 0. The maximum atomic E-state index is 11.6. The summed E-state index contributed by atoms with van der Waals surface area (Å²) in [5.74, 6) is 0.417. The zero-order valence-electron chi connectivity index (χ0n) is 13.3. The first-order valence-corrected chi connectivity index (χ1v) is 7.43. The summed E-state index contributed by atoms with van der Waals surface area (Å²) in [4.78, 5) is 11.6. The Labute approximate surface area is 139 Å². The van der Waals surface area contributed by atoms with Gasteiger partial charge < -0.3 is 9.84 Å². The first-order valence-electron chi connectivity index (χ1n) is 7.43. The number of carbonyl (C=O) groups excluding carboxylic acids is 1. The minimum atomic E-state index is -0.149. The van der Waals surface area contributed by atoms with E-state index in [9.17, 15) is 4.79 Å². The number of benzene rings is 2. The van der Waals surface area contributed by atoms with Gasteiger partial charge in [0.15, 0.2) is 17.2 Å². The van der Waals surface area contributed by atoms with Crippen molar-refractivity contribution >= 4 is 17.2 Å². The van der Waals surface area contributed by atoms with Crippen LogP contribution in [-0.4, -0.2) is 10.9 Å². The van der Waals surface area contributed by atoms with Crippen LogP contribution >= 0.6 is 0 Å². The molecule has 0 atom stereocenters. The molecular weight excluding hydrogens is 302 g/mol. The van der Waals surface area contributed by atoms with Crippen LogP contribution in [-0.2, 0) is 0 Å². The molecule has 118 valence electrons. The lowest BCUT2D eigenvalue weighted by atomic mass is 10.0. The van der Waals surface area contributed by atoms with Gasteiger partial charge in [-0.1, -0.05) is 29.4 Å². The highest BCUT2D eigenvalue weighted by atomic mass is 16.5. The molecule has 0 amide bonds. The molecule has 0 unspecified atom stereocenters.